The second-order valence-corrected chi connectivity index (χ2v) is 5.29. The Kier molecular flexibility index (Phi) is 3.87. The zero-order chi connectivity index (χ0) is 15.5. The average Bonchev–Trinajstić information content (AvgIpc) is 2.88. The van der Waals surface area contributed by atoms with Crippen molar-refractivity contribution in [2.45, 2.75) is 26.2 Å². The fourth-order valence-corrected chi connectivity index (χ4v) is 2.55. The number of anilines is 1. The van der Waals surface area contributed by atoms with E-state index in [2.05, 4.69) is 15.4 Å². The van der Waals surface area contributed by atoms with Crippen LogP contribution >= 0.6 is 0 Å². The Morgan fingerprint density at radius 3 is 2.82 bits per heavy atom. The highest BCUT2D eigenvalue weighted by Crippen LogP contribution is 2.21. The van der Waals surface area contributed by atoms with Crippen molar-refractivity contribution in [2.24, 2.45) is 0 Å². The molecule has 0 aliphatic carbocycles. The van der Waals surface area contributed by atoms with Crippen LogP contribution in [0.5, 0.6) is 0 Å². The largest absolute Gasteiger partial charge is 0.323 e. The van der Waals surface area contributed by atoms with Crippen LogP contribution in [0.4, 0.5) is 5.69 Å². The van der Waals surface area contributed by atoms with Crippen molar-refractivity contribution in [3.63, 3.8) is 0 Å². The molecule has 3 aromatic rings. The first kappa shape index (κ1) is 14.3. The van der Waals surface area contributed by atoms with E-state index in [1.807, 2.05) is 50.2 Å². The van der Waals surface area contributed by atoms with E-state index in [4.69, 9.17) is 0 Å². The third-order valence-corrected chi connectivity index (χ3v) is 3.63. The lowest BCUT2D eigenvalue weighted by molar-refractivity contribution is -0.117. The van der Waals surface area contributed by atoms with E-state index in [0.29, 0.717) is 5.69 Å². The van der Waals surface area contributed by atoms with Crippen LogP contribution in [0.1, 0.15) is 30.5 Å². The number of aryl methyl sites for hydroxylation is 1. The normalized spacial score (nSPS) is 12.3. The summed E-state index contributed by atoms with van der Waals surface area (Å²) in [6.45, 7) is 3.92. The minimum absolute atomic E-state index is 0.0290. The van der Waals surface area contributed by atoms with Crippen molar-refractivity contribution in [3.05, 3.63) is 60.0 Å². The fraction of sp³-hybridized carbons (Fsp3) is 0.235. The molecule has 0 fully saturated rings. The van der Waals surface area contributed by atoms with E-state index in [9.17, 15) is 4.79 Å². The Bertz CT molecular complexity index is 795. The first-order chi connectivity index (χ1) is 10.7. The fourth-order valence-electron chi connectivity index (χ4n) is 2.55. The first-order valence-electron chi connectivity index (χ1n) is 7.35. The smallest absolute Gasteiger partial charge is 0.231 e. The number of rotatable bonds is 4. The number of hydrogen-bond donors (Lipinski definition) is 1. The summed E-state index contributed by atoms with van der Waals surface area (Å²) in [7, 11) is 0. The Morgan fingerprint density at radius 2 is 2.09 bits per heavy atom. The molecule has 2 aromatic heterocycles. The molecular formula is C17H18N4O. The van der Waals surface area contributed by atoms with Gasteiger partial charge in [-0.25, -0.2) is 9.50 Å². The Hall–Kier alpha value is -2.69. The van der Waals surface area contributed by atoms with Crippen molar-refractivity contribution in [3.8, 4) is 0 Å². The second-order valence-electron chi connectivity index (χ2n) is 5.29. The predicted molar refractivity (Wildman–Crippen MR) is 85.8 cm³/mol. The molecule has 3 rings (SSSR count). The molecule has 1 N–H and O–H groups in total. The highest BCUT2D eigenvalue weighted by atomic mass is 16.1. The van der Waals surface area contributed by atoms with Crippen molar-refractivity contribution < 1.29 is 4.79 Å². The van der Waals surface area contributed by atoms with Crippen molar-refractivity contribution >= 4 is 17.2 Å². The monoisotopic (exact) mass is 294 g/mol. The minimum atomic E-state index is -0.170. The molecule has 0 bridgehead atoms. The first-order valence-corrected chi connectivity index (χ1v) is 7.35. The number of hydrogen-bond acceptors (Lipinski definition) is 3. The van der Waals surface area contributed by atoms with Gasteiger partial charge < -0.3 is 5.32 Å². The quantitative estimate of drug-likeness (QED) is 0.804. The van der Waals surface area contributed by atoms with Crippen LogP contribution in [0.3, 0.4) is 0 Å². The molecule has 0 unspecified atom stereocenters. The van der Waals surface area contributed by atoms with Gasteiger partial charge in [0.05, 0.1) is 29.7 Å². The van der Waals surface area contributed by atoms with Crippen LogP contribution < -0.4 is 5.32 Å². The van der Waals surface area contributed by atoms with E-state index >= 15 is 0 Å². The predicted octanol–water partition coefficient (Wildman–Crippen LogP) is 3.17. The van der Waals surface area contributed by atoms with Crippen molar-refractivity contribution in [1.29, 1.82) is 0 Å². The summed E-state index contributed by atoms with van der Waals surface area (Å²) in [5.41, 5.74) is 3.33. The van der Waals surface area contributed by atoms with Gasteiger partial charge in [0, 0.05) is 6.07 Å². The molecule has 5 nitrogen and oxygen atoms in total. The molecule has 0 saturated heterocycles. The maximum absolute atomic E-state index is 12.5. The van der Waals surface area contributed by atoms with Gasteiger partial charge in [-0.05, 0) is 18.9 Å². The van der Waals surface area contributed by atoms with E-state index in [-0.39, 0.29) is 11.8 Å². The van der Waals surface area contributed by atoms with E-state index < -0.39 is 0 Å². The number of carbonyl (C=O) groups is 1. The minimum Gasteiger partial charge on any atom is -0.323 e. The summed E-state index contributed by atoms with van der Waals surface area (Å²) in [5, 5.41) is 7.24. The average molecular weight is 294 g/mol. The maximum atomic E-state index is 12.5. The van der Waals surface area contributed by atoms with Crippen molar-refractivity contribution in [1.82, 2.24) is 14.6 Å². The molecule has 1 amide bonds. The summed E-state index contributed by atoms with van der Waals surface area (Å²) in [6.07, 6.45) is 4.18. The lowest BCUT2D eigenvalue weighted by atomic mass is 9.95. The molecule has 1 aromatic carbocycles. The maximum Gasteiger partial charge on any atom is 0.231 e. The van der Waals surface area contributed by atoms with Gasteiger partial charge in [0.1, 0.15) is 0 Å². The lowest BCUT2D eigenvalue weighted by Crippen LogP contribution is -2.21. The number of amides is 1. The molecule has 112 valence electrons. The molecule has 5 heteroatoms. The summed E-state index contributed by atoms with van der Waals surface area (Å²) >= 11 is 0. The molecule has 0 radical (unpaired) electrons. The van der Waals surface area contributed by atoms with Gasteiger partial charge in [-0.3, -0.25) is 4.79 Å². The van der Waals surface area contributed by atoms with Gasteiger partial charge in [0.15, 0.2) is 5.65 Å². The molecule has 0 spiro atoms. The van der Waals surface area contributed by atoms with Crippen LogP contribution in [0, 0.1) is 6.92 Å². The summed E-state index contributed by atoms with van der Waals surface area (Å²) in [6, 6.07) is 11.7. The zero-order valence-electron chi connectivity index (χ0n) is 12.7. The molecule has 0 saturated carbocycles. The number of benzene rings is 1. The Labute approximate surface area is 129 Å². The molecule has 22 heavy (non-hydrogen) atoms. The summed E-state index contributed by atoms with van der Waals surface area (Å²) in [4.78, 5) is 16.8. The van der Waals surface area contributed by atoms with E-state index in [1.165, 1.54) is 0 Å². The number of carbonyl (C=O) groups excluding carboxylic acids is 1. The van der Waals surface area contributed by atoms with E-state index in [1.54, 1.807) is 16.9 Å². The highest BCUT2D eigenvalue weighted by molar-refractivity contribution is 5.95. The van der Waals surface area contributed by atoms with Gasteiger partial charge in [0.25, 0.3) is 0 Å². The van der Waals surface area contributed by atoms with Gasteiger partial charge in [0.2, 0.25) is 5.91 Å². The summed E-state index contributed by atoms with van der Waals surface area (Å²) < 4.78 is 1.68. The van der Waals surface area contributed by atoms with Gasteiger partial charge in [-0.15, -0.1) is 0 Å². The van der Waals surface area contributed by atoms with Crippen LogP contribution in [-0.2, 0) is 4.79 Å². The third kappa shape index (κ3) is 2.83. The Balaban J connectivity index is 1.82. The standard InChI is InChI=1S/C17H18N4O/c1-3-15(13-7-5-4-6-8-13)17(22)19-14-10-18-16-9-12(2)20-21(16)11-14/h4-11,15H,3H2,1-2H3,(H,19,22)/t15-/m0/s1. The zero-order valence-corrected chi connectivity index (χ0v) is 12.7. The second kappa shape index (κ2) is 5.97. The molecule has 2 heterocycles. The molecule has 1 atom stereocenters. The van der Waals surface area contributed by atoms with Gasteiger partial charge in [-0.1, -0.05) is 37.3 Å². The third-order valence-electron chi connectivity index (χ3n) is 3.63. The van der Waals surface area contributed by atoms with Crippen molar-refractivity contribution in [2.75, 3.05) is 5.32 Å². The topological polar surface area (TPSA) is 59.3 Å². The van der Waals surface area contributed by atoms with Crippen LogP contribution in [-0.4, -0.2) is 20.5 Å². The molecule has 0 aliphatic heterocycles. The lowest BCUT2D eigenvalue weighted by Gasteiger charge is -2.15. The molecular weight excluding hydrogens is 276 g/mol. The van der Waals surface area contributed by atoms with Crippen LogP contribution in [0.25, 0.3) is 5.65 Å². The van der Waals surface area contributed by atoms with Crippen LogP contribution in [0.15, 0.2) is 48.8 Å². The number of aromatic nitrogens is 3. The van der Waals surface area contributed by atoms with Gasteiger partial charge in [-0.2, -0.15) is 5.10 Å². The van der Waals surface area contributed by atoms with Gasteiger partial charge >= 0.3 is 0 Å². The number of nitrogens with one attached hydrogen (secondary N) is 1. The Morgan fingerprint density at radius 1 is 1.32 bits per heavy atom. The SMILES string of the molecule is CC[C@H](C(=O)Nc1cnc2cc(C)nn2c1)c1ccccc1. The molecule has 0 aliphatic rings. The number of fused-ring (bicyclic) bond motifs is 1. The van der Waals surface area contributed by atoms with E-state index in [0.717, 1.165) is 23.3 Å². The summed E-state index contributed by atoms with van der Waals surface area (Å²) in [5.74, 6) is -0.199. The number of nitrogens with zero attached hydrogens (tertiary/aromatic N) is 3. The van der Waals surface area contributed by atoms with Crippen LogP contribution in [0.2, 0.25) is 0 Å². The highest BCUT2D eigenvalue weighted by Gasteiger charge is 2.18.